The Labute approximate surface area is 203 Å². The summed E-state index contributed by atoms with van der Waals surface area (Å²) in [5.74, 6) is -1.37. The van der Waals surface area contributed by atoms with Gasteiger partial charge in [-0.25, -0.2) is 4.79 Å². The van der Waals surface area contributed by atoms with Crippen LogP contribution in [0.15, 0.2) is 41.0 Å². The lowest BCUT2D eigenvalue weighted by atomic mass is 9.82. The second-order valence-corrected chi connectivity index (χ2v) is 9.69. The Morgan fingerprint density at radius 1 is 0.971 bits per heavy atom. The van der Waals surface area contributed by atoms with Crippen molar-refractivity contribution >= 4 is 28.7 Å². The third-order valence-corrected chi connectivity index (χ3v) is 7.61. The van der Waals surface area contributed by atoms with E-state index in [0.29, 0.717) is 43.1 Å². The molecule has 5 rings (SSSR count). The third-order valence-electron chi connectivity index (χ3n) is 7.61. The summed E-state index contributed by atoms with van der Waals surface area (Å²) < 4.78 is 7.75. The van der Waals surface area contributed by atoms with Gasteiger partial charge < -0.3 is 24.1 Å². The Balaban J connectivity index is 1.60. The van der Waals surface area contributed by atoms with Gasteiger partial charge >= 0.3 is 11.9 Å². The summed E-state index contributed by atoms with van der Waals surface area (Å²) >= 11 is 0. The van der Waals surface area contributed by atoms with E-state index in [0.717, 1.165) is 42.3 Å². The fraction of sp³-hybridized carbons (Fsp3) is 0.444. The van der Waals surface area contributed by atoms with Crippen molar-refractivity contribution in [2.45, 2.75) is 57.4 Å². The second kappa shape index (κ2) is 9.60. The van der Waals surface area contributed by atoms with Crippen molar-refractivity contribution in [1.82, 2.24) is 9.47 Å². The molecule has 1 saturated carbocycles. The largest absolute Gasteiger partial charge is 0.481 e. The first-order chi connectivity index (χ1) is 16.9. The summed E-state index contributed by atoms with van der Waals surface area (Å²) in [6.45, 7) is 0.849. The van der Waals surface area contributed by atoms with E-state index in [9.17, 15) is 24.6 Å². The van der Waals surface area contributed by atoms with Gasteiger partial charge in [-0.05, 0) is 61.4 Å². The van der Waals surface area contributed by atoms with Crippen LogP contribution in [0, 0.1) is 5.92 Å². The number of aliphatic carboxylic acids is 1. The van der Waals surface area contributed by atoms with E-state index in [-0.39, 0.29) is 18.0 Å². The van der Waals surface area contributed by atoms with Crippen LogP contribution in [0.3, 0.4) is 0 Å². The fourth-order valence-electron chi connectivity index (χ4n) is 5.77. The van der Waals surface area contributed by atoms with E-state index in [4.69, 9.17) is 4.42 Å². The number of aromatic nitrogens is 1. The average Bonchev–Trinajstić information content (AvgIpc) is 3.50. The molecule has 0 spiro atoms. The molecule has 2 aliphatic rings. The number of likely N-dealkylation sites (tertiary alicyclic amines) is 1. The molecule has 2 N–H and O–H groups in total. The van der Waals surface area contributed by atoms with Gasteiger partial charge in [0.15, 0.2) is 5.76 Å². The molecule has 0 bridgehead atoms. The summed E-state index contributed by atoms with van der Waals surface area (Å²) in [4.78, 5) is 38.2. The normalized spacial score (nSPS) is 17.7. The maximum Gasteiger partial charge on any atom is 0.335 e. The summed E-state index contributed by atoms with van der Waals surface area (Å²) in [5, 5.41) is 19.9. The number of hydrogen-bond acceptors (Lipinski definition) is 4. The number of carboxylic acid groups (broad SMARTS) is 2. The molecule has 0 unspecified atom stereocenters. The van der Waals surface area contributed by atoms with Crippen LogP contribution in [0.1, 0.15) is 66.8 Å². The number of hydrogen-bond donors (Lipinski definition) is 2. The molecular formula is C27H30N2O6. The smallest absolute Gasteiger partial charge is 0.335 e. The average molecular weight is 479 g/mol. The molecule has 0 radical (unpaired) electrons. The molecule has 0 atom stereocenters. The molecule has 1 saturated heterocycles. The molecule has 2 aromatic heterocycles. The van der Waals surface area contributed by atoms with E-state index in [1.807, 2.05) is 22.8 Å². The van der Waals surface area contributed by atoms with Crippen molar-refractivity contribution in [3.05, 3.63) is 47.7 Å². The first-order valence-electron chi connectivity index (χ1n) is 12.4. The number of carboxylic acids is 2. The second-order valence-electron chi connectivity index (χ2n) is 9.69. The zero-order chi connectivity index (χ0) is 24.5. The molecule has 1 aliphatic heterocycles. The Kier molecular flexibility index (Phi) is 6.36. The van der Waals surface area contributed by atoms with Crippen LogP contribution in [0.25, 0.3) is 22.4 Å². The molecule has 1 aromatic carbocycles. The maximum absolute atomic E-state index is 13.4. The Morgan fingerprint density at radius 2 is 1.71 bits per heavy atom. The Morgan fingerprint density at radius 3 is 2.34 bits per heavy atom. The van der Waals surface area contributed by atoms with Crippen molar-refractivity contribution < 1.29 is 29.0 Å². The number of aromatic carboxylic acids is 1. The lowest BCUT2D eigenvalue weighted by Gasteiger charge is -2.30. The summed E-state index contributed by atoms with van der Waals surface area (Å²) in [7, 11) is 0. The number of fused-ring (bicyclic) bond motifs is 1. The van der Waals surface area contributed by atoms with Crippen LogP contribution >= 0.6 is 0 Å². The van der Waals surface area contributed by atoms with Crippen molar-refractivity contribution in [1.29, 1.82) is 0 Å². The summed E-state index contributed by atoms with van der Waals surface area (Å²) in [5.41, 5.74) is 2.86. The zero-order valence-corrected chi connectivity index (χ0v) is 19.6. The predicted molar refractivity (Wildman–Crippen MR) is 129 cm³/mol. The SMILES string of the molecule is O=C(O)c1ccc2c(C3CCCCC3)c(-c3ccco3)n(CC(=O)N3CCC(C(=O)O)CC3)c2c1. The number of benzene rings is 1. The molecule has 2 fully saturated rings. The van der Waals surface area contributed by atoms with Gasteiger partial charge in [0.25, 0.3) is 0 Å². The van der Waals surface area contributed by atoms with E-state index < -0.39 is 17.9 Å². The summed E-state index contributed by atoms with van der Waals surface area (Å²) in [6.07, 6.45) is 8.07. The lowest BCUT2D eigenvalue weighted by molar-refractivity contribution is -0.145. The van der Waals surface area contributed by atoms with Gasteiger partial charge in [0.05, 0.1) is 29.0 Å². The van der Waals surface area contributed by atoms with Crippen LogP contribution in [0.5, 0.6) is 0 Å². The van der Waals surface area contributed by atoms with Gasteiger partial charge in [0, 0.05) is 18.5 Å². The number of rotatable bonds is 6. The highest BCUT2D eigenvalue weighted by Gasteiger charge is 2.31. The molecule has 1 aliphatic carbocycles. The van der Waals surface area contributed by atoms with Gasteiger partial charge in [-0.2, -0.15) is 0 Å². The van der Waals surface area contributed by atoms with Crippen LogP contribution in [-0.2, 0) is 16.1 Å². The Hall–Kier alpha value is -3.55. The minimum Gasteiger partial charge on any atom is -0.481 e. The monoisotopic (exact) mass is 478 g/mol. The minimum atomic E-state index is -1.01. The standard InChI is InChI=1S/C27H30N2O6/c30-23(28-12-10-18(11-13-28)26(31)32)16-29-21-15-19(27(33)34)8-9-20(21)24(17-5-2-1-3-6-17)25(29)22-7-4-14-35-22/h4,7-9,14-15,17-18H,1-3,5-6,10-13,16H2,(H,31,32)(H,33,34). The van der Waals surface area contributed by atoms with Crippen molar-refractivity contribution in [2.75, 3.05) is 13.1 Å². The van der Waals surface area contributed by atoms with E-state index in [1.165, 1.54) is 6.42 Å². The molecule has 1 amide bonds. The first-order valence-corrected chi connectivity index (χ1v) is 12.4. The Bertz CT molecular complexity index is 1240. The zero-order valence-electron chi connectivity index (χ0n) is 19.6. The van der Waals surface area contributed by atoms with Crippen LogP contribution in [0.2, 0.25) is 0 Å². The quantitative estimate of drug-likeness (QED) is 0.517. The van der Waals surface area contributed by atoms with Crippen LogP contribution < -0.4 is 0 Å². The number of carbonyl (C=O) groups is 3. The number of piperidine rings is 1. The number of carbonyl (C=O) groups excluding carboxylic acids is 1. The van der Waals surface area contributed by atoms with E-state index in [2.05, 4.69) is 0 Å². The van der Waals surface area contributed by atoms with Gasteiger partial charge in [0.1, 0.15) is 6.54 Å². The molecule has 35 heavy (non-hydrogen) atoms. The highest BCUT2D eigenvalue weighted by Crippen LogP contribution is 2.44. The number of nitrogens with zero attached hydrogens (tertiary/aromatic N) is 2. The van der Waals surface area contributed by atoms with Crippen molar-refractivity contribution in [3.63, 3.8) is 0 Å². The minimum absolute atomic E-state index is 0.0417. The molecule has 184 valence electrons. The lowest BCUT2D eigenvalue weighted by Crippen LogP contribution is -2.41. The van der Waals surface area contributed by atoms with E-state index >= 15 is 0 Å². The molecule has 3 heterocycles. The number of furan rings is 1. The van der Waals surface area contributed by atoms with Gasteiger partial charge in [-0.3, -0.25) is 9.59 Å². The highest BCUT2D eigenvalue weighted by molar-refractivity contribution is 5.98. The van der Waals surface area contributed by atoms with Gasteiger partial charge in [-0.1, -0.05) is 25.3 Å². The van der Waals surface area contributed by atoms with Gasteiger partial charge in [-0.15, -0.1) is 0 Å². The predicted octanol–water partition coefficient (Wildman–Crippen LogP) is 4.97. The molecule has 8 heteroatoms. The van der Waals surface area contributed by atoms with Crippen LogP contribution in [-0.4, -0.2) is 50.6 Å². The third kappa shape index (κ3) is 4.45. The summed E-state index contributed by atoms with van der Waals surface area (Å²) in [6, 6.07) is 8.86. The highest BCUT2D eigenvalue weighted by atomic mass is 16.4. The molecule has 3 aromatic rings. The van der Waals surface area contributed by atoms with Gasteiger partial charge in [0.2, 0.25) is 5.91 Å². The van der Waals surface area contributed by atoms with E-state index in [1.54, 1.807) is 23.3 Å². The van der Waals surface area contributed by atoms with Crippen LogP contribution in [0.4, 0.5) is 0 Å². The first kappa shape index (κ1) is 23.2. The fourth-order valence-corrected chi connectivity index (χ4v) is 5.77. The molecular weight excluding hydrogens is 448 g/mol. The van der Waals surface area contributed by atoms with Crippen molar-refractivity contribution in [2.24, 2.45) is 5.92 Å². The van der Waals surface area contributed by atoms with Crippen molar-refractivity contribution in [3.8, 4) is 11.5 Å². The maximum atomic E-state index is 13.4. The molecule has 8 nitrogen and oxygen atoms in total. The number of amides is 1. The topological polar surface area (TPSA) is 113 Å².